The molecule has 1 heterocycles. The number of imide groups is 2. The molecule has 0 atom stereocenters. The van der Waals surface area contributed by atoms with Gasteiger partial charge in [-0.05, 0) is 54.0 Å². The normalized spacial score (nSPS) is 15.0. The van der Waals surface area contributed by atoms with Crippen LogP contribution < -0.4 is 15.0 Å². The first-order chi connectivity index (χ1) is 16.0. The molecule has 33 heavy (non-hydrogen) atoms. The van der Waals surface area contributed by atoms with Gasteiger partial charge >= 0.3 is 6.03 Å². The number of urea groups is 1. The van der Waals surface area contributed by atoms with Crippen LogP contribution in [0.25, 0.3) is 6.08 Å². The molecule has 0 aromatic heterocycles. The van der Waals surface area contributed by atoms with Crippen molar-refractivity contribution in [2.75, 3.05) is 4.90 Å². The number of anilines is 1. The van der Waals surface area contributed by atoms with Gasteiger partial charge in [0.2, 0.25) is 0 Å². The Labute approximate surface area is 190 Å². The van der Waals surface area contributed by atoms with Crippen LogP contribution >= 0.6 is 0 Å². The molecular weight excluding hydrogens is 423 g/mol. The van der Waals surface area contributed by atoms with Crippen molar-refractivity contribution in [3.8, 4) is 5.75 Å². The highest BCUT2D eigenvalue weighted by Crippen LogP contribution is 2.26. The second kappa shape index (κ2) is 9.48. The summed E-state index contributed by atoms with van der Waals surface area (Å²) >= 11 is 0. The lowest BCUT2D eigenvalue weighted by atomic mass is 10.1. The Morgan fingerprint density at radius 1 is 0.909 bits per heavy atom. The van der Waals surface area contributed by atoms with E-state index < -0.39 is 17.8 Å². The summed E-state index contributed by atoms with van der Waals surface area (Å²) in [5, 5.41) is 2.22. The van der Waals surface area contributed by atoms with E-state index in [-0.39, 0.29) is 18.0 Å². The second-order valence-corrected chi connectivity index (χ2v) is 7.43. The van der Waals surface area contributed by atoms with Crippen LogP contribution in [-0.4, -0.2) is 17.8 Å². The molecule has 0 spiro atoms. The van der Waals surface area contributed by atoms with Gasteiger partial charge in [0.15, 0.2) is 0 Å². The number of nitrogens with one attached hydrogen (secondary N) is 1. The predicted octanol–water partition coefficient (Wildman–Crippen LogP) is 4.63. The van der Waals surface area contributed by atoms with Crippen LogP contribution in [0, 0.1) is 5.82 Å². The van der Waals surface area contributed by atoms with Crippen LogP contribution in [0.4, 0.5) is 14.9 Å². The van der Waals surface area contributed by atoms with E-state index in [1.54, 1.807) is 48.5 Å². The molecule has 7 heteroatoms. The first-order valence-electron chi connectivity index (χ1n) is 10.4. The third-order valence-electron chi connectivity index (χ3n) is 5.23. The van der Waals surface area contributed by atoms with Gasteiger partial charge in [-0.1, -0.05) is 49.4 Å². The Balaban J connectivity index is 1.62. The lowest BCUT2D eigenvalue weighted by Crippen LogP contribution is -2.54. The molecule has 0 unspecified atom stereocenters. The standard InChI is InChI=1S/C26H21FN2O4/c1-2-17-9-13-21(14-10-17)29-25(31)22(24(30)28-26(29)32)15-19-5-3-4-6-23(19)33-16-18-7-11-20(27)12-8-18/h3-15H,2,16H2,1H3,(H,28,30,32). The van der Waals surface area contributed by atoms with E-state index in [9.17, 15) is 18.8 Å². The average molecular weight is 444 g/mol. The van der Waals surface area contributed by atoms with Gasteiger partial charge < -0.3 is 4.74 Å². The zero-order valence-corrected chi connectivity index (χ0v) is 17.9. The number of carbonyl (C=O) groups excluding carboxylic acids is 3. The molecule has 0 aliphatic carbocycles. The number of carbonyl (C=O) groups is 3. The van der Waals surface area contributed by atoms with Gasteiger partial charge in [0.25, 0.3) is 11.8 Å². The molecule has 1 N–H and O–H groups in total. The van der Waals surface area contributed by atoms with Crippen molar-refractivity contribution in [2.24, 2.45) is 0 Å². The highest BCUT2D eigenvalue weighted by molar-refractivity contribution is 6.39. The van der Waals surface area contributed by atoms with E-state index in [0.29, 0.717) is 17.0 Å². The van der Waals surface area contributed by atoms with Gasteiger partial charge in [0.1, 0.15) is 23.7 Å². The van der Waals surface area contributed by atoms with Crippen LogP contribution in [0.1, 0.15) is 23.6 Å². The van der Waals surface area contributed by atoms with Crippen molar-refractivity contribution in [1.82, 2.24) is 5.32 Å². The Bertz CT molecular complexity index is 1230. The molecule has 1 saturated heterocycles. The van der Waals surface area contributed by atoms with E-state index in [4.69, 9.17) is 4.74 Å². The number of barbiturate groups is 1. The van der Waals surface area contributed by atoms with E-state index in [2.05, 4.69) is 5.32 Å². The summed E-state index contributed by atoms with van der Waals surface area (Å²) in [5.41, 5.74) is 2.50. The topological polar surface area (TPSA) is 75.7 Å². The van der Waals surface area contributed by atoms with Crippen molar-refractivity contribution in [2.45, 2.75) is 20.0 Å². The quantitative estimate of drug-likeness (QED) is 0.444. The number of halogens is 1. The van der Waals surface area contributed by atoms with Crippen molar-refractivity contribution >= 4 is 29.6 Å². The van der Waals surface area contributed by atoms with Crippen molar-refractivity contribution in [3.05, 3.63) is 101 Å². The van der Waals surface area contributed by atoms with Gasteiger partial charge in [-0.2, -0.15) is 0 Å². The first-order valence-corrected chi connectivity index (χ1v) is 10.4. The molecule has 0 bridgehead atoms. The molecule has 1 aliphatic heterocycles. The summed E-state index contributed by atoms with van der Waals surface area (Å²) in [5.74, 6) is -1.40. The van der Waals surface area contributed by atoms with E-state index in [1.807, 2.05) is 19.1 Å². The van der Waals surface area contributed by atoms with Crippen LogP contribution in [0.3, 0.4) is 0 Å². The fourth-order valence-corrected chi connectivity index (χ4v) is 3.40. The van der Waals surface area contributed by atoms with Gasteiger partial charge in [0.05, 0.1) is 5.69 Å². The third kappa shape index (κ3) is 4.82. The fraction of sp³-hybridized carbons (Fsp3) is 0.115. The fourth-order valence-electron chi connectivity index (χ4n) is 3.40. The SMILES string of the molecule is CCc1ccc(N2C(=O)NC(=O)C(=Cc3ccccc3OCc3ccc(F)cc3)C2=O)cc1. The lowest BCUT2D eigenvalue weighted by molar-refractivity contribution is -0.122. The number of para-hydroxylation sites is 1. The first kappa shape index (κ1) is 22.0. The smallest absolute Gasteiger partial charge is 0.335 e. The van der Waals surface area contributed by atoms with Crippen molar-refractivity contribution < 1.29 is 23.5 Å². The number of nitrogens with zero attached hydrogens (tertiary/aromatic N) is 1. The Morgan fingerprint density at radius 2 is 1.58 bits per heavy atom. The Hall–Kier alpha value is -4.26. The number of rotatable bonds is 6. The molecule has 6 nitrogen and oxygen atoms in total. The molecule has 1 aliphatic rings. The van der Waals surface area contributed by atoms with Crippen LogP contribution in [0.2, 0.25) is 0 Å². The zero-order chi connectivity index (χ0) is 23.4. The minimum atomic E-state index is -0.799. The Kier molecular flexibility index (Phi) is 6.31. The zero-order valence-electron chi connectivity index (χ0n) is 17.9. The summed E-state index contributed by atoms with van der Waals surface area (Å²) in [7, 11) is 0. The average Bonchev–Trinajstić information content (AvgIpc) is 2.82. The molecular formula is C26H21FN2O4. The molecule has 4 amide bonds. The van der Waals surface area contributed by atoms with Crippen LogP contribution in [0.5, 0.6) is 5.75 Å². The maximum Gasteiger partial charge on any atom is 0.335 e. The molecule has 1 fully saturated rings. The summed E-state index contributed by atoms with van der Waals surface area (Å²) < 4.78 is 19.0. The van der Waals surface area contributed by atoms with Gasteiger partial charge in [0, 0.05) is 5.56 Å². The number of benzene rings is 3. The maximum absolute atomic E-state index is 13.1. The number of hydrogen-bond acceptors (Lipinski definition) is 4. The monoisotopic (exact) mass is 444 g/mol. The minimum Gasteiger partial charge on any atom is -0.488 e. The van der Waals surface area contributed by atoms with Crippen LogP contribution in [-0.2, 0) is 22.6 Å². The summed E-state index contributed by atoms with van der Waals surface area (Å²) in [4.78, 5) is 39.0. The van der Waals surface area contributed by atoms with E-state index in [0.717, 1.165) is 22.4 Å². The van der Waals surface area contributed by atoms with Crippen LogP contribution in [0.15, 0.2) is 78.4 Å². The van der Waals surface area contributed by atoms with Crippen molar-refractivity contribution in [3.63, 3.8) is 0 Å². The lowest BCUT2D eigenvalue weighted by Gasteiger charge is -2.26. The highest BCUT2D eigenvalue weighted by Gasteiger charge is 2.36. The summed E-state index contributed by atoms with van der Waals surface area (Å²) in [6.45, 7) is 2.18. The van der Waals surface area contributed by atoms with Gasteiger partial charge in [-0.3, -0.25) is 14.9 Å². The number of ether oxygens (including phenoxy) is 1. The molecule has 0 radical (unpaired) electrons. The number of hydrogen-bond donors (Lipinski definition) is 1. The second-order valence-electron chi connectivity index (χ2n) is 7.43. The number of aryl methyl sites for hydroxylation is 1. The molecule has 3 aromatic rings. The van der Waals surface area contributed by atoms with Crippen molar-refractivity contribution in [1.29, 1.82) is 0 Å². The maximum atomic E-state index is 13.1. The minimum absolute atomic E-state index is 0.176. The molecule has 4 rings (SSSR count). The van der Waals surface area contributed by atoms with Gasteiger partial charge in [-0.25, -0.2) is 14.1 Å². The summed E-state index contributed by atoms with van der Waals surface area (Å²) in [6.07, 6.45) is 2.22. The highest BCUT2D eigenvalue weighted by atomic mass is 19.1. The van der Waals surface area contributed by atoms with Gasteiger partial charge in [-0.15, -0.1) is 0 Å². The van der Waals surface area contributed by atoms with E-state index in [1.165, 1.54) is 18.2 Å². The van der Waals surface area contributed by atoms with E-state index >= 15 is 0 Å². The molecule has 3 aromatic carbocycles. The molecule has 166 valence electrons. The Morgan fingerprint density at radius 3 is 2.27 bits per heavy atom. The largest absolute Gasteiger partial charge is 0.488 e. The predicted molar refractivity (Wildman–Crippen MR) is 122 cm³/mol. The number of amides is 4. The third-order valence-corrected chi connectivity index (χ3v) is 5.23. The summed E-state index contributed by atoms with van der Waals surface area (Å²) in [6, 6.07) is 19.0. The molecule has 0 saturated carbocycles.